The highest BCUT2D eigenvalue weighted by molar-refractivity contribution is 6.31. The second-order valence-corrected chi connectivity index (χ2v) is 4.12. The van der Waals surface area contributed by atoms with Crippen molar-refractivity contribution in [1.29, 1.82) is 0 Å². The molecule has 1 rings (SSSR count). The van der Waals surface area contributed by atoms with E-state index in [1.54, 1.807) is 6.07 Å². The van der Waals surface area contributed by atoms with Crippen LogP contribution in [0.25, 0.3) is 0 Å². The number of benzene rings is 1. The Bertz CT molecular complexity index is 361. The molecule has 0 heterocycles. The maximum atomic E-state index is 10.7. The van der Waals surface area contributed by atoms with Gasteiger partial charge in [0.05, 0.1) is 12.2 Å². The van der Waals surface area contributed by atoms with Crippen molar-refractivity contribution in [2.45, 2.75) is 13.8 Å². The van der Waals surface area contributed by atoms with Crippen LogP contribution >= 0.6 is 11.6 Å². The summed E-state index contributed by atoms with van der Waals surface area (Å²) in [5.74, 6) is -0.127. The van der Waals surface area contributed by atoms with Crippen molar-refractivity contribution < 1.29 is 14.6 Å². The Hall–Kier alpha value is -1.22. The lowest BCUT2D eigenvalue weighted by Gasteiger charge is -2.09. The highest BCUT2D eigenvalue weighted by Gasteiger charge is 2.07. The number of carbonyl (C=O) groups is 1. The van der Waals surface area contributed by atoms with Gasteiger partial charge in [-0.05, 0) is 24.1 Å². The van der Waals surface area contributed by atoms with E-state index >= 15 is 0 Å². The lowest BCUT2D eigenvalue weighted by Crippen LogP contribution is -2.05. The van der Waals surface area contributed by atoms with Crippen LogP contribution in [0.5, 0.6) is 5.75 Å². The van der Waals surface area contributed by atoms with Gasteiger partial charge >= 0.3 is 5.97 Å². The maximum absolute atomic E-state index is 10.7. The molecular weight excluding hydrogens is 216 g/mol. The van der Waals surface area contributed by atoms with E-state index in [1.807, 2.05) is 13.8 Å². The first-order valence-electron chi connectivity index (χ1n) is 4.65. The molecule has 3 nitrogen and oxygen atoms in total. The van der Waals surface area contributed by atoms with E-state index in [0.29, 0.717) is 23.3 Å². The van der Waals surface area contributed by atoms with Crippen LogP contribution < -0.4 is 4.74 Å². The molecule has 0 saturated heterocycles. The summed E-state index contributed by atoms with van der Waals surface area (Å²) in [6.07, 6.45) is 0. The highest BCUT2D eigenvalue weighted by Crippen LogP contribution is 2.21. The molecule has 0 aliphatic carbocycles. The fourth-order valence-corrected chi connectivity index (χ4v) is 1.26. The largest absolute Gasteiger partial charge is 0.493 e. The monoisotopic (exact) mass is 228 g/mol. The standard InChI is InChI=1S/C11H13ClO3/c1-7(2)6-15-10-4-8(11(13)14)3-9(12)5-10/h3-5,7H,6H2,1-2H3,(H,13,14). The van der Waals surface area contributed by atoms with E-state index < -0.39 is 5.97 Å². The third-order valence-corrected chi connectivity index (χ3v) is 1.92. The Labute approximate surface area is 93.6 Å². The van der Waals surface area contributed by atoms with Crippen LogP contribution in [-0.2, 0) is 0 Å². The molecule has 82 valence electrons. The smallest absolute Gasteiger partial charge is 0.335 e. The van der Waals surface area contributed by atoms with Gasteiger partial charge in [0.1, 0.15) is 5.75 Å². The maximum Gasteiger partial charge on any atom is 0.335 e. The van der Waals surface area contributed by atoms with Crippen molar-refractivity contribution in [1.82, 2.24) is 0 Å². The Morgan fingerprint density at radius 1 is 1.47 bits per heavy atom. The fourth-order valence-electron chi connectivity index (χ4n) is 1.03. The summed E-state index contributed by atoms with van der Waals surface area (Å²) in [7, 11) is 0. The van der Waals surface area contributed by atoms with Crippen LogP contribution in [0, 0.1) is 5.92 Å². The molecule has 0 saturated carbocycles. The fraction of sp³-hybridized carbons (Fsp3) is 0.364. The number of rotatable bonds is 4. The number of hydrogen-bond donors (Lipinski definition) is 1. The van der Waals surface area contributed by atoms with E-state index in [-0.39, 0.29) is 5.56 Å². The van der Waals surface area contributed by atoms with Crippen LogP contribution in [0.3, 0.4) is 0 Å². The van der Waals surface area contributed by atoms with Gasteiger partial charge in [0.2, 0.25) is 0 Å². The first-order valence-corrected chi connectivity index (χ1v) is 5.03. The molecule has 0 fully saturated rings. The van der Waals surface area contributed by atoms with Gasteiger partial charge in [0.25, 0.3) is 0 Å². The molecule has 0 bridgehead atoms. The van der Waals surface area contributed by atoms with Crippen LogP contribution in [0.2, 0.25) is 5.02 Å². The van der Waals surface area contributed by atoms with E-state index in [1.165, 1.54) is 12.1 Å². The second-order valence-electron chi connectivity index (χ2n) is 3.69. The van der Waals surface area contributed by atoms with E-state index in [2.05, 4.69) is 0 Å². The number of aromatic carboxylic acids is 1. The molecule has 0 amide bonds. The molecule has 1 aromatic rings. The zero-order valence-corrected chi connectivity index (χ0v) is 9.41. The minimum atomic E-state index is -1.01. The van der Waals surface area contributed by atoms with Gasteiger partial charge in [-0.1, -0.05) is 25.4 Å². The Morgan fingerprint density at radius 2 is 2.13 bits per heavy atom. The first kappa shape index (κ1) is 11.9. The van der Waals surface area contributed by atoms with E-state index in [4.69, 9.17) is 21.4 Å². The number of hydrogen-bond acceptors (Lipinski definition) is 2. The predicted octanol–water partition coefficient (Wildman–Crippen LogP) is 3.07. The van der Waals surface area contributed by atoms with Gasteiger partial charge in [-0.25, -0.2) is 4.79 Å². The van der Waals surface area contributed by atoms with Gasteiger partial charge in [-0.3, -0.25) is 0 Å². The number of ether oxygens (including phenoxy) is 1. The lowest BCUT2D eigenvalue weighted by molar-refractivity contribution is 0.0696. The van der Waals surface area contributed by atoms with Crippen molar-refractivity contribution in [2.24, 2.45) is 5.92 Å². The normalized spacial score (nSPS) is 10.4. The zero-order chi connectivity index (χ0) is 11.4. The van der Waals surface area contributed by atoms with E-state index in [0.717, 1.165) is 0 Å². The van der Waals surface area contributed by atoms with Crippen molar-refractivity contribution in [2.75, 3.05) is 6.61 Å². The first-order chi connectivity index (χ1) is 6.99. The predicted molar refractivity (Wildman–Crippen MR) is 58.7 cm³/mol. The van der Waals surface area contributed by atoms with Gasteiger partial charge in [0, 0.05) is 5.02 Å². The van der Waals surface area contributed by atoms with Crippen LogP contribution in [0.4, 0.5) is 0 Å². The van der Waals surface area contributed by atoms with Crippen molar-refractivity contribution in [3.8, 4) is 5.75 Å². The third kappa shape index (κ3) is 3.80. The average Bonchev–Trinajstić information content (AvgIpc) is 2.13. The molecule has 0 radical (unpaired) electrons. The molecule has 4 heteroatoms. The molecule has 0 aliphatic heterocycles. The molecule has 0 aromatic heterocycles. The quantitative estimate of drug-likeness (QED) is 0.862. The third-order valence-electron chi connectivity index (χ3n) is 1.70. The Kier molecular flexibility index (Phi) is 3.97. The molecule has 0 atom stereocenters. The molecule has 1 aromatic carbocycles. The van der Waals surface area contributed by atoms with Gasteiger partial charge in [-0.2, -0.15) is 0 Å². The summed E-state index contributed by atoms with van der Waals surface area (Å²) >= 11 is 5.77. The molecular formula is C11H13ClO3. The molecule has 0 unspecified atom stereocenters. The van der Waals surface area contributed by atoms with Crippen LogP contribution in [0.1, 0.15) is 24.2 Å². The summed E-state index contributed by atoms with van der Waals surface area (Å²) < 4.78 is 5.39. The highest BCUT2D eigenvalue weighted by atomic mass is 35.5. The molecule has 0 aliphatic rings. The Balaban J connectivity index is 2.84. The molecule has 1 N–H and O–H groups in total. The average molecular weight is 229 g/mol. The second kappa shape index (κ2) is 5.03. The topological polar surface area (TPSA) is 46.5 Å². The molecule has 0 spiro atoms. The van der Waals surface area contributed by atoms with Crippen LogP contribution in [0.15, 0.2) is 18.2 Å². The Morgan fingerprint density at radius 3 is 2.67 bits per heavy atom. The minimum absolute atomic E-state index is 0.140. The summed E-state index contributed by atoms with van der Waals surface area (Å²) in [4.78, 5) is 10.7. The molecule has 15 heavy (non-hydrogen) atoms. The van der Waals surface area contributed by atoms with Crippen molar-refractivity contribution in [3.05, 3.63) is 28.8 Å². The lowest BCUT2D eigenvalue weighted by atomic mass is 10.2. The van der Waals surface area contributed by atoms with Gasteiger partial charge in [0.15, 0.2) is 0 Å². The van der Waals surface area contributed by atoms with Crippen molar-refractivity contribution in [3.63, 3.8) is 0 Å². The zero-order valence-electron chi connectivity index (χ0n) is 8.66. The summed E-state index contributed by atoms with van der Waals surface area (Å²) in [5.41, 5.74) is 0.140. The van der Waals surface area contributed by atoms with E-state index in [9.17, 15) is 4.79 Å². The number of carboxylic acids is 1. The SMILES string of the molecule is CC(C)COc1cc(Cl)cc(C(=O)O)c1. The minimum Gasteiger partial charge on any atom is -0.493 e. The number of halogens is 1. The van der Waals surface area contributed by atoms with Gasteiger partial charge in [-0.15, -0.1) is 0 Å². The van der Waals surface area contributed by atoms with Crippen LogP contribution in [-0.4, -0.2) is 17.7 Å². The summed E-state index contributed by atoms with van der Waals surface area (Å²) in [6, 6.07) is 4.47. The summed E-state index contributed by atoms with van der Waals surface area (Å²) in [6.45, 7) is 4.57. The summed E-state index contributed by atoms with van der Waals surface area (Å²) in [5, 5.41) is 9.17. The van der Waals surface area contributed by atoms with Gasteiger partial charge < -0.3 is 9.84 Å². The van der Waals surface area contributed by atoms with Crippen molar-refractivity contribution >= 4 is 17.6 Å². The number of carboxylic acid groups (broad SMARTS) is 1.